The summed E-state index contributed by atoms with van der Waals surface area (Å²) in [4.78, 5) is 15.4. The molecule has 1 fully saturated rings. The van der Waals surface area contributed by atoms with Gasteiger partial charge in [-0.15, -0.1) is 0 Å². The van der Waals surface area contributed by atoms with E-state index in [1.807, 2.05) is 0 Å². The first-order valence-electron chi connectivity index (χ1n) is 6.01. The fourth-order valence-corrected chi connectivity index (χ4v) is 1.93. The number of hydrogen-bond donors (Lipinski definition) is 2. The van der Waals surface area contributed by atoms with Crippen LogP contribution in [0.2, 0.25) is 0 Å². The van der Waals surface area contributed by atoms with Crippen LogP contribution in [0.1, 0.15) is 38.5 Å². The molecule has 16 heavy (non-hydrogen) atoms. The van der Waals surface area contributed by atoms with Crippen molar-refractivity contribution >= 4 is 6.03 Å². The highest BCUT2D eigenvalue weighted by Crippen LogP contribution is 2.19. The van der Waals surface area contributed by atoms with Crippen LogP contribution >= 0.6 is 0 Å². The summed E-state index contributed by atoms with van der Waals surface area (Å²) in [6.45, 7) is 1.09. The van der Waals surface area contributed by atoms with Crippen LogP contribution in [0.25, 0.3) is 0 Å². The first-order valence-corrected chi connectivity index (χ1v) is 6.01. The van der Waals surface area contributed by atoms with Gasteiger partial charge in [-0.25, -0.2) is 10.3 Å². The zero-order valence-electron chi connectivity index (χ0n) is 9.96. The zero-order valence-corrected chi connectivity index (χ0v) is 9.96. The van der Waals surface area contributed by atoms with E-state index in [0.717, 1.165) is 12.8 Å². The second-order valence-corrected chi connectivity index (χ2v) is 4.05. The van der Waals surface area contributed by atoms with E-state index in [9.17, 15) is 4.79 Å². The second-order valence-electron chi connectivity index (χ2n) is 4.05. The third kappa shape index (κ3) is 5.92. The number of ether oxygens (including phenoxy) is 1. The summed E-state index contributed by atoms with van der Waals surface area (Å²) in [5, 5.41) is 2.64. The van der Waals surface area contributed by atoms with Crippen LogP contribution in [0.5, 0.6) is 0 Å². The van der Waals surface area contributed by atoms with E-state index < -0.39 is 0 Å². The molecule has 1 saturated carbocycles. The lowest BCUT2D eigenvalue weighted by Gasteiger charge is -2.15. The van der Waals surface area contributed by atoms with Gasteiger partial charge in [-0.1, -0.05) is 25.7 Å². The van der Waals surface area contributed by atoms with Crippen LogP contribution in [0.15, 0.2) is 0 Å². The molecule has 0 aliphatic heterocycles. The minimum absolute atomic E-state index is 0.327. The molecule has 1 aliphatic carbocycles. The minimum atomic E-state index is -0.327. The summed E-state index contributed by atoms with van der Waals surface area (Å²) < 4.78 is 5.71. The molecule has 0 unspecified atom stereocenters. The van der Waals surface area contributed by atoms with E-state index >= 15 is 0 Å². The van der Waals surface area contributed by atoms with Gasteiger partial charge in [0.2, 0.25) is 0 Å². The number of hydrogen-bond acceptors (Lipinski definition) is 3. The Bertz CT molecular complexity index is 192. The van der Waals surface area contributed by atoms with Crippen LogP contribution in [0.4, 0.5) is 4.79 Å². The maximum Gasteiger partial charge on any atom is 0.338 e. The molecule has 0 heterocycles. The van der Waals surface area contributed by atoms with E-state index in [4.69, 9.17) is 4.74 Å². The Labute approximate surface area is 96.8 Å². The highest BCUT2D eigenvalue weighted by Gasteiger charge is 2.12. The molecule has 2 amide bonds. The molecule has 0 saturated heterocycles. The number of urea groups is 1. The Morgan fingerprint density at radius 1 is 1.25 bits per heavy atom. The van der Waals surface area contributed by atoms with Gasteiger partial charge in [0.05, 0.1) is 19.8 Å². The van der Waals surface area contributed by atoms with Crippen molar-refractivity contribution in [3.05, 3.63) is 0 Å². The van der Waals surface area contributed by atoms with Crippen molar-refractivity contribution in [1.82, 2.24) is 10.8 Å². The Balaban J connectivity index is 1.99. The van der Waals surface area contributed by atoms with E-state index in [1.165, 1.54) is 32.8 Å². The fourth-order valence-electron chi connectivity index (χ4n) is 1.93. The maximum absolute atomic E-state index is 10.9. The third-order valence-corrected chi connectivity index (χ3v) is 2.74. The highest BCUT2D eigenvalue weighted by atomic mass is 16.6. The smallest absolute Gasteiger partial charge is 0.338 e. The molecule has 0 bridgehead atoms. The van der Waals surface area contributed by atoms with E-state index in [1.54, 1.807) is 0 Å². The normalized spacial score (nSPS) is 17.8. The molecule has 0 aromatic carbocycles. The molecule has 0 atom stereocenters. The van der Waals surface area contributed by atoms with Gasteiger partial charge in [-0.05, 0) is 12.8 Å². The number of carbonyl (C=O) groups excluding carboxylic acids is 1. The second kappa shape index (κ2) is 8.35. The predicted molar refractivity (Wildman–Crippen MR) is 61.0 cm³/mol. The van der Waals surface area contributed by atoms with E-state index in [0.29, 0.717) is 19.3 Å². The summed E-state index contributed by atoms with van der Waals surface area (Å²) >= 11 is 0. The number of hydroxylamine groups is 1. The maximum atomic E-state index is 10.9. The van der Waals surface area contributed by atoms with E-state index in [-0.39, 0.29) is 6.03 Å². The molecular weight excluding hydrogens is 208 g/mol. The SMILES string of the molecule is CONC(=O)NCCOC1CCCCCC1. The quantitative estimate of drug-likeness (QED) is 0.428. The van der Waals surface area contributed by atoms with Crippen molar-refractivity contribution in [3.63, 3.8) is 0 Å². The number of rotatable bonds is 5. The lowest BCUT2D eigenvalue weighted by atomic mass is 10.1. The molecule has 5 heteroatoms. The molecule has 5 nitrogen and oxygen atoms in total. The Kier molecular flexibility index (Phi) is 6.92. The molecule has 1 aliphatic rings. The molecule has 0 aromatic heterocycles. The first-order chi connectivity index (χ1) is 7.83. The van der Waals surface area contributed by atoms with Gasteiger partial charge in [0, 0.05) is 6.54 Å². The molecule has 0 spiro atoms. The molecule has 0 radical (unpaired) electrons. The van der Waals surface area contributed by atoms with Gasteiger partial charge in [-0.2, -0.15) is 0 Å². The topological polar surface area (TPSA) is 59.6 Å². The predicted octanol–water partition coefficient (Wildman–Crippen LogP) is 1.59. The van der Waals surface area contributed by atoms with Crippen LogP contribution in [0.3, 0.4) is 0 Å². The van der Waals surface area contributed by atoms with Crippen LogP contribution in [0, 0.1) is 0 Å². The standard InChI is InChI=1S/C11H22N2O3/c1-15-13-11(14)12-8-9-16-10-6-4-2-3-5-7-10/h10H,2-9H2,1H3,(H2,12,13,14). The minimum Gasteiger partial charge on any atom is -0.376 e. The lowest BCUT2D eigenvalue weighted by Crippen LogP contribution is -2.37. The van der Waals surface area contributed by atoms with Crippen molar-refractivity contribution < 1.29 is 14.4 Å². The zero-order chi connectivity index (χ0) is 11.6. The van der Waals surface area contributed by atoms with Gasteiger partial charge in [0.1, 0.15) is 0 Å². The summed E-state index contributed by atoms with van der Waals surface area (Å²) in [7, 11) is 1.40. The van der Waals surface area contributed by atoms with Crippen LogP contribution in [-0.2, 0) is 9.57 Å². The van der Waals surface area contributed by atoms with Gasteiger partial charge in [-0.3, -0.25) is 4.84 Å². The van der Waals surface area contributed by atoms with E-state index in [2.05, 4.69) is 15.6 Å². The molecular formula is C11H22N2O3. The Hall–Kier alpha value is -0.810. The van der Waals surface area contributed by atoms with Crippen molar-refractivity contribution in [2.45, 2.75) is 44.6 Å². The largest absolute Gasteiger partial charge is 0.376 e. The summed E-state index contributed by atoms with van der Waals surface area (Å²) in [5.41, 5.74) is 2.19. The summed E-state index contributed by atoms with van der Waals surface area (Å²) in [6.07, 6.45) is 7.89. The molecule has 2 N–H and O–H groups in total. The summed E-state index contributed by atoms with van der Waals surface area (Å²) in [5.74, 6) is 0. The summed E-state index contributed by atoms with van der Waals surface area (Å²) in [6, 6.07) is -0.327. The van der Waals surface area contributed by atoms with Crippen molar-refractivity contribution in [2.24, 2.45) is 0 Å². The van der Waals surface area contributed by atoms with Crippen LogP contribution < -0.4 is 10.8 Å². The molecule has 0 aromatic rings. The van der Waals surface area contributed by atoms with Gasteiger partial charge < -0.3 is 10.1 Å². The fraction of sp³-hybridized carbons (Fsp3) is 0.909. The number of nitrogens with one attached hydrogen (secondary N) is 2. The Morgan fingerprint density at radius 3 is 2.56 bits per heavy atom. The van der Waals surface area contributed by atoms with Gasteiger partial charge >= 0.3 is 6.03 Å². The van der Waals surface area contributed by atoms with Crippen molar-refractivity contribution in [3.8, 4) is 0 Å². The number of carbonyl (C=O) groups is 1. The average molecular weight is 230 g/mol. The lowest BCUT2D eigenvalue weighted by molar-refractivity contribution is 0.0446. The first kappa shape index (κ1) is 13.3. The third-order valence-electron chi connectivity index (χ3n) is 2.74. The average Bonchev–Trinajstić information content (AvgIpc) is 2.53. The molecule has 1 rings (SSSR count). The Morgan fingerprint density at radius 2 is 1.94 bits per heavy atom. The van der Waals surface area contributed by atoms with Crippen molar-refractivity contribution in [2.75, 3.05) is 20.3 Å². The molecule has 94 valence electrons. The van der Waals surface area contributed by atoms with Crippen LogP contribution in [-0.4, -0.2) is 32.4 Å². The number of amides is 2. The monoisotopic (exact) mass is 230 g/mol. The van der Waals surface area contributed by atoms with Crippen molar-refractivity contribution in [1.29, 1.82) is 0 Å². The van der Waals surface area contributed by atoms with Gasteiger partial charge in [0.25, 0.3) is 0 Å². The van der Waals surface area contributed by atoms with Gasteiger partial charge in [0.15, 0.2) is 0 Å². The highest BCUT2D eigenvalue weighted by molar-refractivity contribution is 5.72.